The smallest absolute Gasteiger partial charge is 0.320 e. The van der Waals surface area contributed by atoms with Gasteiger partial charge in [0.2, 0.25) is 0 Å². The Morgan fingerprint density at radius 2 is 2.23 bits per heavy atom. The van der Waals surface area contributed by atoms with E-state index in [1.807, 2.05) is 18.5 Å². The molecular formula is C15H19N3O4. The Kier molecular flexibility index (Phi) is 4.09. The van der Waals surface area contributed by atoms with E-state index in [2.05, 4.69) is 6.58 Å². The van der Waals surface area contributed by atoms with Crippen LogP contribution in [0.2, 0.25) is 0 Å². The summed E-state index contributed by atoms with van der Waals surface area (Å²) in [6, 6.07) is 2.67. The molecule has 0 saturated heterocycles. The van der Waals surface area contributed by atoms with Crippen molar-refractivity contribution in [3.63, 3.8) is 0 Å². The lowest BCUT2D eigenvalue weighted by Gasteiger charge is -2.10. The first-order valence-electron chi connectivity index (χ1n) is 6.72. The van der Waals surface area contributed by atoms with Gasteiger partial charge in [0.15, 0.2) is 5.75 Å². The van der Waals surface area contributed by atoms with E-state index < -0.39 is 11.0 Å². The van der Waals surface area contributed by atoms with Crippen LogP contribution < -0.4 is 10.5 Å². The van der Waals surface area contributed by atoms with Crippen molar-refractivity contribution >= 4 is 16.6 Å². The van der Waals surface area contributed by atoms with E-state index in [9.17, 15) is 15.2 Å². The zero-order valence-electron chi connectivity index (χ0n) is 12.8. The number of methoxy groups -OCH3 is 1. The van der Waals surface area contributed by atoms with Crippen molar-refractivity contribution in [1.29, 1.82) is 0 Å². The second-order valence-electron chi connectivity index (χ2n) is 5.19. The summed E-state index contributed by atoms with van der Waals surface area (Å²) in [5, 5.41) is 21.4. The summed E-state index contributed by atoms with van der Waals surface area (Å²) in [5.41, 5.74) is 8.05. The largest absolute Gasteiger partial charge is 0.511 e. The molecule has 0 saturated carbocycles. The Labute approximate surface area is 127 Å². The number of hydrogen-bond acceptors (Lipinski definition) is 5. The number of rotatable bonds is 5. The summed E-state index contributed by atoms with van der Waals surface area (Å²) >= 11 is 0. The molecule has 0 spiro atoms. The summed E-state index contributed by atoms with van der Waals surface area (Å²) in [6.07, 6.45) is 0.256. The first-order valence-corrected chi connectivity index (χ1v) is 6.72. The van der Waals surface area contributed by atoms with Crippen molar-refractivity contribution < 1.29 is 14.8 Å². The third-order valence-corrected chi connectivity index (χ3v) is 3.98. The topological polar surface area (TPSA) is 104 Å². The molecule has 1 unspecified atom stereocenters. The maximum Gasteiger partial charge on any atom is 0.320 e. The molecule has 0 aliphatic rings. The zero-order valence-corrected chi connectivity index (χ0v) is 12.8. The number of aromatic nitrogens is 1. The van der Waals surface area contributed by atoms with Crippen molar-refractivity contribution in [2.45, 2.75) is 19.4 Å². The lowest BCUT2D eigenvalue weighted by atomic mass is 10.0. The summed E-state index contributed by atoms with van der Waals surface area (Å²) in [4.78, 5) is 11.1. The summed E-state index contributed by atoms with van der Waals surface area (Å²) < 4.78 is 6.99. The van der Waals surface area contributed by atoms with Crippen molar-refractivity contribution in [1.82, 2.24) is 4.57 Å². The molecule has 1 aromatic carbocycles. The monoisotopic (exact) mass is 305 g/mol. The van der Waals surface area contributed by atoms with Gasteiger partial charge in [0.05, 0.1) is 29.0 Å². The number of hydrogen-bond donors (Lipinski definition) is 2. The highest BCUT2D eigenvalue weighted by Gasteiger charge is 2.27. The fourth-order valence-electron chi connectivity index (χ4n) is 2.64. The molecule has 2 rings (SSSR count). The van der Waals surface area contributed by atoms with Gasteiger partial charge in [0.1, 0.15) is 5.76 Å². The van der Waals surface area contributed by atoms with Gasteiger partial charge in [-0.05, 0) is 31.0 Å². The van der Waals surface area contributed by atoms with Gasteiger partial charge >= 0.3 is 5.69 Å². The Morgan fingerprint density at radius 1 is 1.59 bits per heavy atom. The minimum Gasteiger partial charge on any atom is -0.511 e. The lowest BCUT2D eigenvalue weighted by Crippen LogP contribution is -2.25. The maximum absolute atomic E-state index is 11.5. The maximum atomic E-state index is 11.5. The quantitative estimate of drug-likeness (QED) is 0.501. The van der Waals surface area contributed by atoms with Crippen LogP contribution in [0, 0.1) is 17.0 Å². The molecule has 7 nitrogen and oxygen atoms in total. The van der Waals surface area contributed by atoms with Crippen LogP contribution in [-0.4, -0.2) is 27.7 Å². The van der Waals surface area contributed by atoms with Gasteiger partial charge in [-0.15, -0.1) is 0 Å². The molecule has 1 atom stereocenters. The molecule has 1 aromatic heterocycles. The van der Waals surface area contributed by atoms with Crippen LogP contribution in [0.25, 0.3) is 10.9 Å². The minimum absolute atomic E-state index is 0.0885. The van der Waals surface area contributed by atoms with Gasteiger partial charge in [-0.25, -0.2) is 0 Å². The molecular weight excluding hydrogens is 286 g/mol. The Bertz CT molecular complexity index is 764. The second-order valence-corrected chi connectivity index (χ2v) is 5.19. The summed E-state index contributed by atoms with van der Waals surface area (Å²) in [7, 11) is 3.22. The molecule has 3 N–H and O–H groups in total. The van der Waals surface area contributed by atoms with E-state index in [0.29, 0.717) is 10.9 Å². The van der Waals surface area contributed by atoms with E-state index in [1.165, 1.54) is 7.11 Å². The second kappa shape index (κ2) is 5.69. The van der Waals surface area contributed by atoms with Gasteiger partial charge in [-0.1, -0.05) is 6.58 Å². The number of nitrogens with zero attached hydrogens (tertiary/aromatic N) is 2. The number of benzene rings is 1. The fraction of sp³-hybridized carbons (Fsp3) is 0.333. The van der Waals surface area contributed by atoms with Crippen LogP contribution in [-0.2, 0) is 13.5 Å². The van der Waals surface area contributed by atoms with Crippen LogP contribution in [0.1, 0.15) is 11.3 Å². The van der Waals surface area contributed by atoms with E-state index in [0.717, 1.165) is 11.2 Å². The Morgan fingerprint density at radius 3 is 2.73 bits per heavy atom. The lowest BCUT2D eigenvalue weighted by molar-refractivity contribution is -0.384. The third-order valence-electron chi connectivity index (χ3n) is 3.98. The molecule has 0 bridgehead atoms. The number of nitrogens with two attached hydrogens (primary N) is 1. The molecule has 0 fully saturated rings. The highest BCUT2D eigenvalue weighted by atomic mass is 16.6. The van der Waals surface area contributed by atoms with Crippen LogP contribution in [0.15, 0.2) is 24.5 Å². The Hall–Kier alpha value is -2.54. The van der Waals surface area contributed by atoms with Gasteiger partial charge in [-0.3, -0.25) is 10.1 Å². The van der Waals surface area contributed by atoms with Gasteiger partial charge < -0.3 is 20.1 Å². The molecule has 118 valence electrons. The van der Waals surface area contributed by atoms with Crippen LogP contribution in [0.5, 0.6) is 5.75 Å². The molecule has 0 aliphatic carbocycles. The first-order chi connectivity index (χ1) is 10.3. The molecule has 0 radical (unpaired) electrons. The molecule has 2 aromatic rings. The number of aliphatic hydroxyl groups excluding tert-OH is 1. The summed E-state index contributed by atoms with van der Waals surface area (Å²) in [6.45, 7) is 5.28. The van der Waals surface area contributed by atoms with Crippen molar-refractivity contribution in [3.05, 3.63) is 45.8 Å². The average Bonchev–Trinajstić information content (AvgIpc) is 2.70. The molecule has 7 heteroatoms. The van der Waals surface area contributed by atoms with Gasteiger partial charge in [-0.2, -0.15) is 0 Å². The van der Waals surface area contributed by atoms with Crippen molar-refractivity contribution in [3.8, 4) is 5.75 Å². The van der Waals surface area contributed by atoms with E-state index in [4.69, 9.17) is 10.5 Å². The molecule has 0 amide bonds. The summed E-state index contributed by atoms with van der Waals surface area (Å²) in [5.74, 6) is 0.0442. The number of aryl methyl sites for hydroxylation is 1. The van der Waals surface area contributed by atoms with E-state index in [-0.39, 0.29) is 23.6 Å². The highest BCUT2D eigenvalue weighted by molar-refractivity contribution is 5.96. The average molecular weight is 305 g/mol. The first kappa shape index (κ1) is 15.8. The van der Waals surface area contributed by atoms with Crippen LogP contribution in [0.3, 0.4) is 0 Å². The number of aliphatic hydroxyl groups is 1. The van der Waals surface area contributed by atoms with Crippen molar-refractivity contribution in [2.24, 2.45) is 12.8 Å². The van der Waals surface area contributed by atoms with Gasteiger partial charge in [0, 0.05) is 12.7 Å². The molecule has 0 aliphatic heterocycles. The zero-order chi connectivity index (χ0) is 16.6. The standard InChI is InChI=1S/C15H19N3O4/c1-8-10(7-11(16)9(2)19)14-12(17(8)3)5-6-13(22-4)15(14)18(20)21/h5-6,11,19H,2,7,16H2,1,3-4H3. The van der Waals surface area contributed by atoms with Gasteiger partial charge in [0.25, 0.3) is 0 Å². The molecule has 1 heterocycles. The predicted octanol–water partition coefficient (Wildman–Crippen LogP) is 2.35. The normalized spacial score (nSPS) is 12.4. The minimum atomic E-state index is -0.685. The van der Waals surface area contributed by atoms with E-state index in [1.54, 1.807) is 12.1 Å². The number of ether oxygens (including phenoxy) is 1. The van der Waals surface area contributed by atoms with E-state index >= 15 is 0 Å². The molecule has 22 heavy (non-hydrogen) atoms. The predicted molar refractivity (Wildman–Crippen MR) is 84.3 cm³/mol. The number of fused-ring (bicyclic) bond motifs is 1. The highest BCUT2D eigenvalue weighted by Crippen LogP contribution is 2.39. The third kappa shape index (κ3) is 2.39. The number of nitro benzene ring substituents is 1. The van der Waals surface area contributed by atoms with Crippen molar-refractivity contribution in [2.75, 3.05) is 7.11 Å². The SMILES string of the molecule is C=C(O)C(N)Cc1c(C)n(C)c2ccc(OC)c([N+](=O)[O-])c12. The fourth-order valence-corrected chi connectivity index (χ4v) is 2.64. The Balaban J connectivity index is 2.82. The van der Waals surface area contributed by atoms with Crippen LogP contribution in [0.4, 0.5) is 5.69 Å². The number of nitro groups is 1. The van der Waals surface area contributed by atoms with Crippen LogP contribution >= 0.6 is 0 Å².